The SMILES string of the molecule is IC1C2(CCCC13CC3)CC2. The zero-order chi connectivity index (χ0) is 7.53. The van der Waals surface area contributed by atoms with Crippen molar-refractivity contribution in [1.29, 1.82) is 0 Å². The molecule has 11 heavy (non-hydrogen) atoms. The Labute approximate surface area is 82.3 Å². The minimum absolute atomic E-state index is 0.870. The maximum absolute atomic E-state index is 2.77. The molecule has 62 valence electrons. The molecule has 1 heteroatoms. The van der Waals surface area contributed by atoms with Crippen molar-refractivity contribution >= 4 is 22.6 Å². The lowest BCUT2D eigenvalue weighted by atomic mass is 9.77. The largest absolute Gasteiger partial charge is 0.0814 e. The van der Waals surface area contributed by atoms with Gasteiger partial charge in [0.15, 0.2) is 0 Å². The second-order valence-corrected chi connectivity index (χ2v) is 6.19. The van der Waals surface area contributed by atoms with Crippen molar-refractivity contribution in [3.63, 3.8) is 0 Å². The predicted molar refractivity (Wildman–Crippen MR) is 55.0 cm³/mol. The molecule has 3 rings (SSSR count). The highest BCUT2D eigenvalue weighted by Crippen LogP contribution is 2.71. The number of rotatable bonds is 0. The number of hydrogen-bond acceptors (Lipinski definition) is 0. The second kappa shape index (κ2) is 1.97. The van der Waals surface area contributed by atoms with Gasteiger partial charge in [-0.25, -0.2) is 0 Å². The van der Waals surface area contributed by atoms with E-state index in [1.165, 1.54) is 0 Å². The van der Waals surface area contributed by atoms with Crippen LogP contribution in [0.3, 0.4) is 0 Å². The van der Waals surface area contributed by atoms with Crippen molar-refractivity contribution in [3.05, 3.63) is 0 Å². The number of alkyl halides is 1. The summed E-state index contributed by atoms with van der Waals surface area (Å²) in [6.45, 7) is 0. The molecule has 0 saturated heterocycles. The summed E-state index contributed by atoms with van der Waals surface area (Å²) in [6, 6.07) is 0. The van der Waals surface area contributed by atoms with E-state index in [0.717, 1.165) is 14.8 Å². The monoisotopic (exact) mass is 262 g/mol. The topological polar surface area (TPSA) is 0 Å². The minimum atomic E-state index is 0.870. The summed E-state index contributed by atoms with van der Waals surface area (Å²) in [5, 5.41) is 0. The fourth-order valence-corrected chi connectivity index (χ4v) is 4.89. The number of halogens is 1. The van der Waals surface area contributed by atoms with E-state index < -0.39 is 0 Å². The van der Waals surface area contributed by atoms with E-state index in [9.17, 15) is 0 Å². The van der Waals surface area contributed by atoms with Crippen molar-refractivity contribution in [2.45, 2.75) is 48.9 Å². The van der Waals surface area contributed by atoms with Gasteiger partial charge in [-0.05, 0) is 49.4 Å². The summed E-state index contributed by atoms with van der Waals surface area (Å²) in [5.74, 6) is 0. The molecule has 3 saturated carbocycles. The quantitative estimate of drug-likeness (QED) is 0.462. The molecule has 0 aromatic carbocycles. The molecule has 3 fully saturated rings. The molecule has 0 bridgehead atoms. The van der Waals surface area contributed by atoms with E-state index in [4.69, 9.17) is 0 Å². The number of hydrogen-bond donors (Lipinski definition) is 0. The lowest BCUT2D eigenvalue weighted by molar-refractivity contribution is 0.254. The van der Waals surface area contributed by atoms with Crippen LogP contribution in [0.15, 0.2) is 0 Å². The van der Waals surface area contributed by atoms with Crippen molar-refractivity contribution in [3.8, 4) is 0 Å². The molecular formula is C10H15I. The smallest absolute Gasteiger partial charge is 0.0222 e. The van der Waals surface area contributed by atoms with Gasteiger partial charge in [0, 0.05) is 3.92 Å². The first kappa shape index (κ1) is 7.16. The van der Waals surface area contributed by atoms with Crippen molar-refractivity contribution in [2.24, 2.45) is 10.8 Å². The van der Waals surface area contributed by atoms with Crippen LogP contribution in [0, 0.1) is 10.8 Å². The average molecular weight is 262 g/mol. The minimum Gasteiger partial charge on any atom is -0.0814 e. The maximum atomic E-state index is 2.77. The van der Waals surface area contributed by atoms with Crippen molar-refractivity contribution in [1.82, 2.24) is 0 Å². The third-order valence-corrected chi connectivity index (χ3v) is 6.85. The van der Waals surface area contributed by atoms with E-state index in [1.807, 2.05) is 0 Å². The fourth-order valence-electron chi connectivity index (χ4n) is 3.02. The zero-order valence-corrected chi connectivity index (χ0v) is 9.06. The van der Waals surface area contributed by atoms with Gasteiger partial charge in [-0.15, -0.1) is 0 Å². The lowest BCUT2D eigenvalue weighted by Crippen LogP contribution is -2.31. The third-order valence-electron chi connectivity index (χ3n) is 4.21. The molecular weight excluding hydrogens is 247 g/mol. The third kappa shape index (κ3) is 0.866. The van der Waals surface area contributed by atoms with Gasteiger partial charge >= 0.3 is 0 Å². The molecule has 0 nitrogen and oxygen atoms in total. The van der Waals surface area contributed by atoms with Crippen LogP contribution in [0.2, 0.25) is 0 Å². The molecule has 0 unspecified atom stereocenters. The Morgan fingerprint density at radius 2 is 1.27 bits per heavy atom. The highest BCUT2D eigenvalue weighted by atomic mass is 127. The summed E-state index contributed by atoms with van der Waals surface area (Å²) in [5.41, 5.74) is 1.74. The van der Waals surface area contributed by atoms with E-state index in [-0.39, 0.29) is 0 Å². The van der Waals surface area contributed by atoms with E-state index >= 15 is 0 Å². The first-order valence-electron chi connectivity index (χ1n) is 4.92. The van der Waals surface area contributed by atoms with Crippen molar-refractivity contribution < 1.29 is 0 Å². The maximum Gasteiger partial charge on any atom is 0.0222 e. The van der Waals surface area contributed by atoms with Gasteiger partial charge in [0.05, 0.1) is 0 Å². The van der Waals surface area contributed by atoms with Crippen LogP contribution in [0.4, 0.5) is 0 Å². The Bertz CT molecular complexity index is 169. The fraction of sp³-hybridized carbons (Fsp3) is 1.00. The summed E-state index contributed by atoms with van der Waals surface area (Å²) in [7, 11) is 0. The van der Waals surface area contributed by atoms with Crippen LogP contribution in [0.5, 0.6) is 0 Å². The normalized spacial score (nSPS) is 37.9. The molecule has 0 aromatic heterocycles. The highest BCUT2D eigenvalue weighted by molar-refractivity contribution is 14.1. The Hall–Kier alpha value is 0.730. The van der Waals surface area contributed by atoms with Gasteiger partial charge in [0.1, 0.15) is 0 Å². The average Bonchev–Trinajstić information content (AvgIpc) is 2.82. The molecule has 0 aliphatic heterocycles. The molecule has 3 aliphatic carbocycles. The van der Waals surface area contributed by atoms with Crippen LogP contribution < -0.4 is 0 Å². The first-order valence-corrected chi connectivity index (χ1v) is 6.16. The summed E-state index contributed by atoms with van der Waals surface area (Å²) < 4.78 is 1.06. The molecule has 2 spiro atoms. The Morgan fingerprint density at radius 3 is 1.64 bits per heavy atom. The molecule has 0 radical (unpaired) electrons. The van der Waals surface area contributed by atoms with Crippen LogP contribution in [0.25, 0.3) is 0 Å². The van der Waals surface area contributed by atoms with E-state index in [0.29, 0.717) is 0 Å². The molecule has 0 N–H and O–H groups in total. The van der Waals surface area contributed by atoms with Gasteiger partial charge in [-0.3, -0.25) is 0 Å². The summed E-state index contributed by atoms with van der Waals surface area (Å²) in [6.07, 6.45) is 10.9. The van der Waals surface area contributed by atoms with Crippen LogP contribution >= 0.6 is 22.6 Å². The Kier molecular flexibility index (Phi) is 1.28. The van der Waals surface area contributed by atoms with Gasteiger partial charge in [0.2, 0.25) is 0 Å². The Balaban J connectivity index is 1.88. The summed E-state index contributed by atoms with van der Waals surface area (Å²) >= 11 is 2.77. The first-order chi connectivity index (χ1) is 5.28. The standard InChI is InChI=1S/C10H15I/c11-8-9(4-5-9)2-1-3-10(8)6-7-10/h8H,1-7H2. The van der Waals surface area contributed by atoms with Gasteiger partial charge in [-0.1, -0.05) is 29.0 Å². The van der Waals surface area contributed by atoms with Crippen LogP contribution in [-0.2, 0) is 0 Å². The van der Waals surface area contributed by atoms with E-state index in [2.05, 4.69) is 22.6 Å². The predicted octanol–water partition coefficient (Wildman–Crippen LogP) is 3.53. The molecule has 3 aliphatic rings. The van der Waals surface area contributed by atoms with Crippen LogP contribution in [-0.4, -0.2) is 3.92 Å². The second-order valence-electron chi connectivity index (χ2n) is 4.94. The molecule has 0 heterocycles. The molecule has 0 aromatic rings. The summed E-state index contributed by atoms with van der Waals surface area (Å²) in [4.78, 5) is 0. The highest BCUT2D eigenvalue weighted by Gasteiger charge is 2.62. The zero-order valence-electron chi connectivity index (χ0n) is 6.91. The van der Waals surface area contributed by atoms with E-state index in [1.54, 1.807) is 44.9 Å². The van der Waals surface area contributed by atoms with Gasteiger partial charge in [0.25, 0.3) is 0 Å². The molecule has 0 atom stereocenters. The Morgan fingerprint density at radius 1 is 0.818 bits per heavy atom. The van der Waals surface area contributed by atoms with Gasteiger partial charge in [-0.2, -0.15) is 0 Å². The van der Waals surface area contributed by atoms with Crippen LogP contribution in [0.1, 0.15) is 44.9 Å². The molecule has 0 amide bonds. The van der Waals surface area contributed by atoms with Gasteiger partial charge < -0.3 is 0 Å². The van der Waals surface area contributed by atoms with Crippen molar-refractivity contribution in [2.75, 3.05) is 0 Å². The lowest BCUT2D eigenvalue weighted by Gasteiger charge is -2.35.